The lowest BCUT2D eigenvalue weighted by Gasteiger charge is -2.32. The normalized spacial score (nSPS) is 14.2. The van der Waals surface area contributed by atoms with Crippen molar-refractivity contribution in [2.75, 3.05) is 25.5 Å². The Morgan fingerprint density at radius 1 is 0.976 bits per heavy atom. The van der Waals surface area contributed by atoms with E-state index >= 15 is 0 Å². The van der Waals surface area contributed by atoms with E-state index in [2.05, 4.69) is 27.7 Å². The molecule has 0 bridgehead atoms. The third-order valence-corrected chi connectivity index (χ3v) is 8.07. The maximum atomic E-state index is 13.2. The number of hydrogen-bond donors (Lipinski definition) is 2. The van der Waals surface area contributed by atoms with Gasteiger partial charge in [-0.05, 0) is 116 Å². The standard InChI is InChI=1S/C34H37FN4O2/c1-23-18-29-19-25(22-39-16-14-24(15-17-39)4-3-5-33(40)36-2)21-37-32(29)20-31(23)38-34(41)28-8-6-26(7-9-28)27-10-12-30(35)13-11-27/h6-13,18-21,24H,3-5,14-17,22H2,1-2H3,(H,36,40)(H,38,41). The Bertz CT molecular complexity index is 1510. The van der Waals surface area contributed by atoms with Gasteiger partial charge in [0, 0.05) is 42.8 Å². The highest BCUT2D eigenvalue weighted by atomic mass is 19.1. The highest BCUT2D eigenvalue weighted by molar-refractivity contribution is 6.05. The zero-order valence-electron chi connectivity index (χ0n) is 23.8. The van der Waals surface area contributed by atoms with Crippen molar-refractivity contribution >= 4 is 28.4 Å². The molecule has 3 aromatic carbocycles. The lowest BCUT2D eigenvalue weighted by molar-refractivity contribution is -0.120. The van der Waals surface area contributed by atoms with Crippen LogP contribution in [0.3, 0.4) is 0 Å². The summed E-state index contributed by atoms with van der Waals surface area (Å²) >= 11 is 0. The molecule has 41 heavy (non-hydrogen) atoms. The van der Waals surface area contributed by atoms with E-state index in [0.717, 1.165) is 65.8 Å². The van der Waals surface area contributed by atoms with Crippen molar-refractivity contribution in [2.24, 2.45) is 5.92 Å². The molecule has 1 saturated heterocycles. The number of amides is 2. The number of rotatable bonds is 9. The number of aromatic nitrogens is 1. The van der Waals surface area contributed by atoms with Crippen LogP contribution in [0, 0.1) is 18.7 Å². The van der Waals surface area contributed by atoms with Gasteiger partial charge in [-0.25, -0.2) is 4.39 Å². The van der Waals surface area contributed by atoms with E-state index in [-0.39, 0.29) is 17.6 Å². The topological polar surface area (TPSA) is 74.3 Å². The van der Waals surface area contributed by atoms with Crippen molar-refractivity contribution in [1.82, 2.24) is 15.2 Å². The predicted octanol–water partition coefficient (Wildman–Crippen LogP) is 6.73. The number of carbonyl (C=O) groups is 2. The third-order valence-electron chi connectivity index (χ3n) is 8.07. The van der Waals surface area contributed by atoms with Gasteiger partial charge in [0.05, 0.1) is 5.52 Å². The molecule has 4 aromatic rings. The van der Waals surface area contributed by atoms with Crippen LogP contribution in [0.25, 0.3) is 22.0 Å². The van der Waals surface area contributed by atoms with Gasteiger partial charge >= 0.3 is 0 Å². The average molecular weight is 553 g/mol. The van der Waals surface area contributed by atoms with Gasteiger partial charge in [0.1, 0.15) is 5.82 Å². The van der Waals surface area contributed by atoms with Crippen LogP contribution in [-0.2, 0) is 11.3 Å². The number of nitrogens with one attached hydrogen (secondary N) is 2. The third kappa shape index (κ3) is 7.35. The molecule has 0 spiro atoms. The van der Waals surface area contributed by atoms with Crippen LogP contribution < -0.4 is 10.6 Å². The van der Waals surface area contributed by atoms with Gasteiger partial charge in [-0.2, -0.15) is 0 Å². The number of likely N-dealkylation sites (tertiary alicyclic amines) is 1. The molecule has 212 valence electrons. The molecular formula is C34H37FN4O2. The monoisotopic (exact) mass is 552 g/mol. The summed E-state index contributed by atoms with van der Waals surface area (Å²) in [6, 6.07) is 19.8. The van der Waals surface area contributed by atoms with Gasteiger partial charge in [0.2, 0.25) is 5.91 Å². The summed E-state index contributed by atoms with van der Waals surface area (Å²) in [5.41, 5.74) is 6.12. The molecule has 0 unspecified atom stereocenters. The summed E-state index contributed by atoms with van der Waals surface area (Å²) in [4.78, 5) is 31.6. The molecule has 1 aromatic heterocycles. The Hall–Kier alpha value is -4.10. The molecule has 0 radical (unpaired) electrons. The quantitative estimate of drug-likeness (QED) is 0.241. The Labute approximate surface area is 241 Å². The van der Waals surface area contributed by atoms with E-state index in [0.29, 0.717) is 17.9 Å². The minimum atomic E-state index is -0.274. The van der Waals surface area contributed by atoms with Crippen LogP contribution in [0.1, 0.15) is 53.6 Å². The van der Waals surface area contributed by atoms with Crippen molar-refractivity contribution in [3.8, 4) is 11.1 Å². The second kappa shape index (κ2) is 13.0. The highest BCUT2D eigenvalue weighted by Gasteiger charge is 2.19. The molecular weight excluding hydrogens is 515 g/mol. The smallest absolute Gasteiger partial charge is 0.255 e. The molecule has 5 rings (SSSR count). The molecule has 0 atom stereocenters. The summed E-state index contributed by atoms with van der Waals surface area (Å²) in [5, 5.41) is 6.79. The van der Waals surface area contributed by atoms with Gasteiger partial charge in [0.25, 0.3) is 5.91 Å². The Balaban J connectivity index is 1.17. The first-order valence-corrected chi connectivity index (χ1v) is 14.4. The first-order valence-electron chi connectivity index (χ1n) is 14.4. The zero-order valence-corrected chi connectivity index (χ0v) is 23.8. The lowest BCUT2D eigenvalue weighted by atomic mass is 9.91. The summed E-state index contributed by atoms with van der Waals surface area (Å²) < 4.78 is 13.2. The number of halogens is 1. The largest absolute Gasteiger partial charge is 0.359 e. The van der Waals surface area contributed by atoms with Crippen LogP contribution in [0.2, 0.25) is 0 Å². The number of anilines is 1. The minimum Gasteiger partial charge on any atom is -0.359 e. The van der Waals surface area contributed by atoms with Gasteiger partial charge in [-0.1, -0.05) is 24.3 Å². The molecule has 1 aliphatic rings. The highest BCUT2D eigenvalue weighted by Crippen LogP contribution is 2.27. The van der Waals surface area contributed by atoms with Gasteiger partial charge in [-0.3, -0.25) is 19.5 Å². The van der Waals surface area contributed by atoms with Crippen molar-refractivity contribution in [3.63, 3.8) is 0 Å². The lowest BCUT2D eigenvalue weighted by Crippen LogP contribution is -2.33. The molecule has 6 nitrogen and oxygen atoms in total. The number of hydrogen-bond acceptors (Lipinski definition) is 4. The minimum absolute atomic E-state index is 0.130. The van der Waals surface area contributed by atoms with Gasteiger partial charge in [0.15, 0.2) is 0 Å². The van der Waals surface area contributed by atoms with Crippen LogP contribution >= 0.6 is 0 Å². The molecule has 2 amide bonds. The fraction of sp³-hybridized carbons (Fsp3) is 0.324. The van der Waals surface area contributed by atoms with Crippen molar-refractivity contribution < 1.29 is 14.0 Å². The van der Waals surface area contributed by atoms with E-state index in [1.54, 1.807) is 31.3 Å². The number of fused-ring (bicyclic) bond motifs is 1. The van der Waals surface area contributed by atoms with E-state index < -0.39 is 0 Å². The van der Waals surface area contributed by atoms with Crippen LogP contribution in [0.5, 0.6) is 0 Å². The van der Waals surface area contributed by atoms with Crippen LogP contribution in [0.4, 0.5) is 10.1 Å². The fourth-order valence-corrected chi connectivity index (χ4v) is 5.58. The molecule has 1 aliphatic heterocycles. The molecule has 0 saturated carbocycles. The zero-order chi connectivity index (χ0) is 28.8. The first kappa shape index (κ1) is 28.4. The summed E-state index contributed by atoms with van der Waals surface area (Å²) in [5.74, 6) is 0.371. The van der Waals surface area contributed by atoms with Crippen molar-refractivity contribution in [3.05, 3.63) is 95.4 Å². The van der Waals surface area contributed by atoms with E-state index in [4.69, 9.17) is 4.98 Å². The number of carbonyl (C=O) groups excluding carboxylic acids is 2. The second-order valence-corrected chi connectivity index (χ2v) is 11.0. The Morgan fingerprint density at radius 3 is 2.34 bits per heavy atom. The van der Waals surface area contributed by atoms with Gasteiger partial charge in [-0.15, -0.1) is 0 Å². The van der Waals surface area contributed by atoms with E-state index in [1.807, 2.05) is 31.3 Å². The first-order chi connectivity index (χ1) is 19.9. The molecule has 2 N–H and O–H groups in total. The Kier molecular flexibility index (Phi) is 9.04. The maximum Gasteiger partial charge on any atom is 0.255 e. The summed E-state index contributed by atoms with van der Waals surface area (Å²) in [6.45, 7) is 5.00. The van der Waals surface area contributed by atoms with Crippen molar-refractivity contribution in [1.29, 1.82) is 0 Å². The summed E-state index contributed by atoms with van der Waals surface area (Å²) in [7, 11) is 1.69. The SMILES string of the molecule is CNC(=O)CCCC1CCN(Cc2cnc3cc(NC(=O)c4ccc(-c5ccc(F)cc5)cc4)c(C)cc3c2)CC1. The van der Waals surface area contributed by atoms with E-state index in [9.17, 15) is 14.0 Å². The average Bonchev–Trinajstić information content (AvgIpc) is 2.99. The number of piperidine rings is 1. The number of aryl methyl sites for hydroxylation is 1. The second-order valence-electron chi connectivity index (χ2n) is 11.0. The van der Waals surface area contributed by atoms with Gasteiger partial charge < -0.3 is 10.6 Å². The molecule has 7 heteroatoms. The predicted molar refractivity (Wildman–Crippen MR) is 162 cm³/mol. The Morgan fingerprint density at radius 2 is 1.66 bits per heavy atom. The van der Waals surface area contributed by atoms with E-state index in [1.165, 1.54) is 30.5 Å². The summed E-state index contributed by atoms with van der Waals surface area (Å²) in [6.07, 6.45) is 6.99. The molecule has 1 fully saturated rings. The van der Waals surface area contributed by atoms with Crippen LogP contribution in [-0.4, -0.2) is 41.8 Å². The molecule has 0 aliphatic carbocycles. The molecule has 2 heterocycles. The fourth-order valence-electron chi connectivity index (χ4n) is 5.58. The number of pyridine rings is 1. The van der Waals surface area contributed by atoms with Crippen LogP contribution in [0.15, 0.2) is 72.9 Å². The van der Waals surface area contributed by atoms with Crippen molar-refractivity contribution in [2.45, 2.75) is 45.6 Å². The number of benzene rings is 3. The maximum absolute atomic E-state index is 13.2. The number of nitrogens with zero attached hydrogens (tertiary/aromatic N) is 2.